The van der Waals surface area contributed by atoms with E-state index < -0.39 is 5.97 Å². The van der Waals surface area contributed by atoms with E-state index in [0.29, 0.717) is 10.0 Å². The second-order valence-electron chi connectivity index (χ2n) is 6.94. The number of hydrogen-bond acceptors (Lipinski definition) is 2. The largest absolute Gasteiger partial charge is 0.478 e. The molecular weight excluding hydrogens is 567 g/mol. The van der Waals surface area contributed by atoms with Crippen molar-refractivity contribution in [3.63, 3.8) is 0 Å². The molecule has 4 rings (SSSR count). The number of carboxylic acid groups (broad SMARTS) is 1. The molecule has 0 aliphatic rings. The van der Waals surface area contributed by atoms with Crippen molar-refractivity contribution in [1.82, 2.24) is 0 Å². The molecule has 0 spiro atoms. The van der Waals surface area contributed by atoms with Gasteiger partial charge in [-0.25, -0.2) is 4.79 Å². The first-order chi connectivity index (χ1) is 15.0. The van der Waals surface area contributed by atoms with Crippen molar-refractivity contribution in [2.75, 3.05) is 0 Å². The van der Waals surface area contributed by atoms with Gasteiger partial charge in [0.15, 0.2) is 5.78 Å². The summed E-state index contributed by atoms with van der Waals surface area (Å²) in [5.74, 6) is -1.45. The van der Waals surface area contributed by atoms with Crippen molar-refractivity contribution in [1.29, 1.82) is 0 Å². The van der Waals surface area contributed by atoms with E-state index in [1.54, 1.807) is 12.1 Å². The Hall–Kier alpha value is -2.77. The van der Waals surface area contributed by atoms with Gasteiger partial charge in [-0.2, -0.15) is 0 Å². The van der Waals surface area contributed by atoms with Crippen LogP contribution < -0.4 is 0 Å². The molecule has 0 heterocycles. The fraction of sp³-hybridized carbons (Fsp3) is 0. The molecule has 0 unspecified atom stereocenters. The van der Waals surface area contributed by atoms with Crippen molar-refractivity contribution in [3.8, 4) is 22.3 Å². The van der Waals surface area contributed by atoms with E-state index in [2.05, 4.69) is 38.5 Å². The van der Waals surface area contributed by atoms with Gasteiger partial charge in [0, 0.05) is 19.2 Å². The van der Waals surface area contributed by atoms with Crippen LogP contribution in [-0.4, -0.2) is 16.9 Å². The molecule has 3 nitrogen and oxygen atoms in total. The third-order valence-corrected chi connectivity index (χ3v) is 7.28. The van der Waals surface area contributed by atoms with Crippen molar-refractivity contribution < 1.29 is 14.7 Å². The van der Waals surface area contributed by atoms with Gasteiger partial charge in [-0.15, -0.1) is 0 Å². The highest BCUT2D eigenvalue weighted by Gasteiger charge is 2.21. The van der Waals surface area contributed by atoms with Gasteiger partial charge in [-0.05, 0) is 79.0 Å². The minimum absolute atomic E-state index is 0.0225. The zero-order valence-corrected chi connectivity index (χ0v) is 19.9. The number of carboxylic acids is 1. The molecule has 4 aromatic rings. The van der Waals surface area contributed by atoms with E-state index in [1.165, 1.54) is 6.07 Å². The molecule has 0 fully saturated rings. The summed E-state index contributed by atoms with van der Waals surface area (Å²) in [6.45, 7) is 0. The summed E-state index contributed by atoms with van der Waals surface area (Å²) in [5.41, 5.74) is 4.55. The zero-order chi connectivity index (χ0) is 22.0. The highest BCUT2D eigenvalue weighted by Crippen LogP contribution is 2.34. The monoisotopic (exact) mass is 582 g/mol. The van der Waals surface area contributed by atoms with Crippen molar-refractivity contribution in [2.24, 2.45) is 0 Å². The summed E-state index contributed by atoms with van der Waals surface area (Å²) in [6, 6.07) is 28.5. The third kappa shape index (κ3) is 4.48. The molecule has 0 aliphatic carbocycles. The first-order valence-electron chi connectivity index (χ1n) is 9.47. The number of halogens is 2. The lowest BCUT2D eigenvalue weighted by Crippen LogP contribution is -2.11. The van der Waals surface area contributed by atoms with Gasteiger partial charge in [0.05, 0.1) is 5.56 Å². The summed E-state index contributed by atoms with van der Waals surface area (Å²) in [5, 5.41) is 9.63. The normalized spacial score (nSPS) is 10.6. The minimum atomic E-state index is -1.13. The molecule has 1 N–H and O–H groups in total. The first kappa shape index (κ1) is 21.5. The van der Waals surface area contributed by atoms with E-state index in [9.17, 15) is 14.7 Å². The Labute approximate surface area is 202 Å². The van der Waals surface area contributed by atoms with Crippen LogP contribution in [0.3, 0.4) is 0 Å². The number of hydrogen-bond donors (Lipinski definition) is 1. The molecule has 0 aromatic heterocycles. The minimum Gasteiger partial charge on any atom is -0.478 e. The first-order valence-corrected chi connectivity index (χ1v) is 11.3. The topological polar surface area (TPSA) is 54.4 Å². The van der Waals surface area contributed by atoms with Crippen LogP contribution in [0.2, 0.25) is 0 Å². The summed E-state index contributed by atoms with van der Waals surface area (Å²) < 4.78 is 1.42. The fourth-order valence-corrected chi connectivity index (χ4v) is 4.29. The summed E-state index contributed by atoms with van der Waals surface area (Å²) in [4.78, 5) is 25.2. The maximum absolute atomic E-state index is 13.4. The van der Waals surface area contributed by atoms with Gasteiger partial charge in [0.25, 0.3) is 0 Å². The standard InChI is InChI=1S/C26H16BrIO3/c27-23-14-22(26(30)31)21(15-24(23)28)25(29)18-11-12-19(16-7-3-1-4-8-16)20(13-18)17-9-5-2-6-10-17/h1-15H,(H,30,31). The second-order valence-corrected chi connectivity index (χ2v) is 8.96. The van der Waals surface area contributed by atoms with Gasteiger partial charge in [-0.3, -0.25) is 4.79 Å². The third-order valence-electron chi connectivity index (χ3n) is 4.99. The average Bonchev–Trinajstić information content (AvgIpc) is 2.80. The van der Waals surface area contributed by atoms with E-state index in [4.69, 9.17) is 0 Å². The summed E-state index contributed by atoms with van der Waals surface area (Å²) >= 11 is 5.43. The van der Waals surface area contributed by atoms with Gasteiger partial charge in [-0.1, -0.05) is 72.8 Å². The number of aromatic carboxylic acids is 1. The van der Waals surface area contributed by atoms with E-state index in [1.807, 2.05) is 72.8 Å². The molecule has 0 bridgehead atoms. The van der Waals surface area contributed by atoms with Crippen LogP contribution in [0.5, 0.6) is 0 Å². The van der Waals surface area contributed by atoms with Gasteiger partial charge >= 0.3 is 5.97 Å². The predicted molar refractivity (Wildman–Crippen MR) is 135 cm³/mol. The highest BCUT2D eigenvalue weighted by molar-refractivity contribution is 14.1. The zero-order valence-electron chi connectivity index (χ0n) is 16.2. The number of benzene rings is 4. The summed E-state index contributed by atoms with van der Waals surface area (Å²) in [6.07, 6.45) is 0. The van der Waals surface area contributed by atoms with Crippen LogP contribution in [0.4, 0.5) is 0 Å². The predicted octanol–water partition coefficient (Wildman–Crippen LogP) is 7.32. The number of ketones is 1. The molecule has 31 heavy (non-hydrogen) atoms. The van der Waals surface area contributed by atoms with Crippen molar-refractivity contribution in [3.05, 3.63) is 116 Å². The number of carbonyl (C=O) groups is 2. The van der Waals surface area contributed by atoms with E-state index in [-0.39, 0.29) is 16.9 Å². The molecule has 5 heteroatoms. The lowest BCUT2D eigenvalue weighted by molar-refractivity contribution is 0.0692. The Morgan fingerprint density at radius 3 is 1.87 bits per heavy atom. The van der Waals surface area contributed by atoms with Crippen LogP contribution in [0.1, 0.15) is 26.3 Å². The highest BCUT2D eigenvalue weighted by atomic mass is 127. The molecule has 0 aliphatic heterocycles. The SMILES string of the molecule is O=C(O)c1cc(Br)c(I)cc1C(=O)c1ccc(-c2ccccc2)c(-c2ccccc2)c1. The maximum atomic E-state index is 13.4. The number of carbonyl (C=O) groups excluding carboxylic acids is 1. The molecule has 4 aromatic carbocycles. The quantitative estimate of drug-likeness (QED) is 0.198. The fourth-order valence-electron chi connectivity index (χ4n) is 3.48. The lowest BCUT2D eigenvalue weighted by Gasteiger charge is -2.14. The van der Waals surface area contributed by atoms with Gasteiger partial charge in [0.2, 0.25) is 0 Å². The van der Waals surface area contributed by atoms with Crippen molar-refractivity contribution >= 4 is 50.3 Å². The Kier molecular flexibility index (Phi) is 6.34. The lowest BCUT2D eigenvalue weighted by atomic mass is 9.90. The van der Waals surface area contributed by atoms with Crippen LogP contribution >= 0.6 is 38.5 Å². The molecule has 0 atom stereocenters. The second kappa shape index (κ2) is 9.16. The molecule has 0 radical (unpaired) electrons. The molecule has 0 amide bonds. The maximum Gasteiger partial charge on any atom is 0.336 e. The Morgan fingerprint density at radius 1 is 0.710 bits per heavy atom. The molecular formula is C26H16BrIO3. The average molecular weight is 583 g/mol. The smallest absolute Gasteiger partial charge is 0.336 e. The van der Waals surface area contributed by atoms with E-state index >= 15 is 0 Å². The van der Waals surface area contributed by atoms with Crippen LogP contribution in [0.15, 0.2) is 95.5 Å². The Balaban J connectivity index is 1.89. The van der Waals surface area contributed by atoms with Gasteiger partial charge in [0.1, 0.15) is 0 Å². The number of rotatable bonds is 5. The Bertz CT molecular complexity index is 1290. The van der Waals surface area contributed by atoms with Crippen molar-refractivity contribution in [2.45, 2.75) is 0 Å². The van der Waals surface area contributed by atoms with Gasteiger partial charge < -0.3 is 5.11 Å². The van der Waals surface area contributed by atoms with Crippen LogP contribution in [-0.2, 0) is 0 Å². The summed E-state index contributed by atoms with van der Waals surface area (Å²) in [7, 11) is 0. The molecule has 0 saturated heterocycles. The van der Waals surface area contributed by atoms with E-state index in [0.717, 1.165) is 25.8 Å². The molecule has 152 valence electrons. The molecule has 0 saturated carbocycles. The van der Waals surface area contributed by atoms with Crippen LogP contribution in [0, 0.1) is 3.57 Å². The Morgan fingerprint density at radius 2 is 1.29 bits per heavy atom. The van der Waals surface area contributed by atoms with Crippen LogP contribution in [0.25, 0.3) is 22.3 Å².